The number of benzene rings is 2. The van der Waals surface area contributed by atoms with Crippen molar-refractivity contribution in [2.24, 2.45) is 0 Å². The second kappa shape index (κ2) is 4.16. The Balaban J connectivity index is 1.91. The highest BCUT2D eigenvalue weighted by Crippen LogP contribution is 2.54. The van der Waals surface area contributed by atoms with Crippen LogP contribution in [0.2, 0.25) is 0 Å². The van der Waals surface area contributed by atoms with Crippen molar-refractivity contribution in [3.05, 3.63) is 65.2 Å². The first kappa shape index (κ1) is 13.4. The molecule has 1 spiro atoms. The number of anilines is 1. The lowest BCUT2D eigenvalue weighted by molar-refractivity contribution is 0.0582. The van der Waals surface area contributed by atoms with Gasteiger partial charge in [-0.05, 0) is 50.6 Å². The first-order chi connectivity index (χ1) is 10.5. The fourth-order valence-electron chi connectivity index (χ4n) is 3.87. The quantitative estimate of drug-likeness (QED) is 0.707. The fourth-order valence-corrected chi connectivity index (χ4v) is 3.87. The summed E-state index contributed by atoms with van der Waals surface area (Å²) in [5.41, 5.74) is 4.42. The second-order valence-electron chi connectivity index (χ2n) is 6.87. The van der Waals surface area contributed by atoms with E-state index in [1.807, 2.05) is 12.1 Å². The van der Waals surface area contributed by atoms with Crippen LogP contribution in [0.5, 0.6) is 5.75 Å². The summed E-state index contributed by atoms with van der Waals surface area (Å²) in [6, 6.07) is 14.9. The van der Waals surface area contributed by atoms with E-state index in [-0.39, 0.29) is 5.41 Å². The van der Waals surface area contributed by atoms with Crippen LogP contribution < -0.4 is 9.64 Å². The van der Waals surface area contributed by atoms with Gasteiger partial charge in [0, 0.05) is 18.3 Å². The van der Waals surface area contributed by atoms with E-state index >= 15 is 0 Å². The molecule has 112 valence electrons. The van der Waals surface area contributed by atoms with E-state index < -0.39 is 5.72 Å². The largest absolute Gasteiger partial charge is 0.463 e. The normalized spacial score (nSPS) is 24.1. The van der Waals surface area contributed by atoms with Gasteiger partial charge < -0.3 is 9.64 Å². The monoisotopic (exact) mass is 291 g/mol. The lowest BCUT2D eigenvalue weighted by Crippen LogP contribution is -2.58. The van der Waals surface area contributed by atoms with Crippen LogP contribution in [-0.4, -0.2) is 12.8 Å². The molecule has 2 heteroatoms. The predicted octanol–water partition coefficient (Wildman–Crippen LogP) is 4.52. The first-order valence-corrected chi connectivity index (χ1v) is 7.78. The van der Waals surface area contributed by atoms with Gasteiger partial charge in [-0.25, -0.2) is 0 Å². The molecule has 1 unspecified atom stereocenters. The molecule has 0 saturated heterocycles. The Labute approximate surface area is 132 Å². The van der Waals surface area contributed by atoms with Gasteiger partial charge in [0.15, 0.2) is 0 Å². The molecule has 0 N–H and O–H groups in total. The molecule has 2 nitrogen and oxygen atoms in total. The van der Waals surface area contributed by atoms with Gasteiger partial charge in [-0.3, -0.25) is 0 Å². The van der Waals surface area contributed by atoms with Gasteiger partial charge >= 0.3 is 0 Å². The minimum Gasteiger partial charge on any atom is -0.463 e. The number of para-hydroxylation sites is 1. The zero-order valence-electron chi connectivity index (χ0n) is 13.6. The third-order valence-corrected chi connectivity index (χ3v) is 5.25. The van der Waals surface area contributed by atoms with E-state index in [1.54, 1.807) is 0 Å². The molecule has 2 aromatic carbocycles. The maximum absolute atomic E-state index is 6.57. The van der Waals surface area contributed by atoms with Gasteiger partial charge in [0.1, 0.15) is 5.75 Å². The number of nitrogens with zero attached hydrogens (tertiary/aromatic N) is 1. The molecule has 4 rings (SSSR count). The molecule has 2 aliphatic rings. The average molecular weight is 291 g/mol. The topological polar surface area (TPSA) is 12.5 Å². The summed E-state index contributed by atoms with van der Waals surface area (Å²) < 4.78 is 6.57. The number of hydrogen-bond acceptors (Lipinski definition) is 2. The molecule has 0 radical (unpaired) electrons. The molecule has 0 fully saturated rings. The Morgan fingerprint density at radius 1 is 1.05 bits per heavy atom. The highest BCUT2D eigenvalue weighted by molar-refractivity contribution is 5.72. The molecule has 1 atom stereocenters. The average Bonchev–Trinajstić information content (AvgIpc) is 2.67. The van der Waals surface area contributed by atoms with E-state index in [1.165, 1.54) is 16.8 Å². The Bertz CT molecular complexity index is 790. The van der Waals surface area contributed by atoms with Gasteiger partial charge in [-0.1, -0.05) is 35.9 Å². The summed E-state index contributed by atoms with van der Waals surface area (Å²) >= 11 is 0. The first-order valence-electron chi connectivity index (χ1n) is 7.78. The van der Waals surface area contributed by atoms with Crippen LogP contribution in [0, 0.1) is 6.92 Å². The molecule has 0 amide bonds. The molecule has 0 aliphatic carbocycles. The fraction of sp³-hybridized carbons (Fsp3) is 0.300. The van der Waals surface area contributed by atoms with Gasteiger partial charge in [0.2, 0.25) is 5.72 Å². The standard InChI is InChI=1S/C20H21NO/c1-14-9-10-17-16(13-14)19(2,3)20(21(17)4)12-11-15-7-5-6-8-18(15)22-20/h5-13H,1-4H3. The predicted molar refractivity (Wildman–Crippen MR) is 91.4 cm³/mol. The summed E-state index contributed by atoms with van der Waals surface area (Å²) in [6.07, 6.45) is 4.40. The smallest absolute Gasteiger partial charge is 0.211 e. The van der Waals surface area contributed by atoms with Crippen molar-refractivity contribution in [2.75, 3.05) is 11.9 Å². The summed E-state index contributed by atoms with van der Waals surface area (Å²) in [6.45, 7) is 6.69. The van der Waals surface area contributed by atoms with Crippen LogP contribution in [0.3, 0.4) is 0 Å². The molecule has 2 aliphatic heterocycles. The SMILES string of the molecule is Cc1ccc2c(c1)C(C)(C)C1(C=Cc3ccccc3O1)N2C. The third-order valence-electron chi connectivity index (χ3n) is 5.25. The zero-order chi connectivity index (χ0) is 15.5. The van der Waals surface area contributed by atoms with E-state index in [0.717, 1.165) is 11.3 Å². The van der Waals surface area contributed by atoms with Crippen LogP contribution >= 0.6 is 0 Å². The number of hydrogen-bond donors (Lipinski definition) is 0. The number of likely N-dealkylation sites (N-methyl/N-ethyl adjacent to an activating group) is 1. The van der Waals surface area contributed by atoms with Crippen LogP contribution in [-0.2, 0) is 5.41 Å². The van der Waals surface area contributed by atoms with Crippen molar-refractivity contribution < 1.29 is 4.74 Å². The molecule has 22 heavy (non-hydrogen) atoms. The number of aryl methyl sites for hydroxylation is 1. The number of rotatable bonds is 0. The molecular weight excluding hydrogens is 270 g/mol. The van der Waals surface area contributed by atoms with E-state index in [4.69, 9.17) is 4.74 Å². The van der Waals surface area contributed by atoms with E-state index in [9.17, 15) is 0 Å². The molecule has 0 aromatic heterocycles. The summed E-state index contributed by atoms with van der Waals surface area (Å²) in [5.74, 6) is 0.953. The molecule has 2 heterocycles. The van der Waals surface area contributed by atoms with Crippen LogP contribution in [0.1, 0.15) is 30.5 Å². The summed E-state index contributed by atoms with van der Waals surface area (Å²) in [4.78, 5) is 2.27. The molecule has 0 bridgehead atoms. The maximum Gasteiger partial charge on any atom is 0.211 e. The zero-order valence-corrected chi connectivity index (χ0v) is 13.6. The van der Waals surface area contributed by atoms with Crippen molar-refractivity contribution in [1.29, 1.82) is 0 Å². The van der Waals surface area contributed by atoms with Gasteiger partial charge in [0.05, 0.1) is 5.41 Å². The van der Waals surface area contributed by atoms with E-state index in [2.05, 4.69) is 75.2 Å². The Morgan fingerprint density at radius 2 is 1.82 bits per heavy atom. The van der Waals surface area contributed by atoms with Crippen molar-refractivity contribution in [3.63, 3.8) is 0 Å². The van der Waals surface area contributed by atoms with Crippen molar-refractivity contribution >= 4 is 11.8 Å². The molecule has 0 saturated carbocycles. The highest BCUT2D eigenvalue weighted by Gasteiger charge is 2.57. The molecular formula is C20H21NO. The van der Waals surface area contributed by atoms with Gasteiger partial charge in [-0.15, -0.1) is 0 Å². The lowest BCUT2D eigenvalue weighted by Gasteiger charge is -2.45. The summed E-state index contributed by atoms with van der Waals surface area (Å²) in [7, 11) is 2.13. The maximum atomic E-state index is 6.57. The summed E-state index contributed by atoms with van der Waals surface area (Å²) in [5, 5.41) is 0. The Hall–Kier alpha value is -2.22. The van der Waals surface area contributed by atoms with E-state index in [0.29, 0.717) is 0 Å². The van der Waals surface area contributed by atoms with Crippen molar-refractivity contribution in [2.45, 2.75) is 31.9 Å². The van der Waals surface area contributed by atoms with Crippen LogP contribution in [0.15, 0.2) is 48.5 Å². The van der Waals surface area contributed by atoms with Crippen molar-refractivity contribution in [3.8, 4) is 5.75 Å². The minimum atomic E-state index is -0.475. The number of ether oxygens (including phenoxy) is 1. The lowest BCUT2D eigenvalue weighted by atomic mass is 9.76. The third kappa shape index (κ3) is 1.50. The second-order valence-corrected chi connectivity index (χ2v) is 6.87. The Kier molecular flexibility index (Phi) is 2.54. The van der Waals surface area contributed by atoms with Crippen molar-refractivity contribution in [1.82, 2.24) is 0 Å². The van der Waals surface area contributed by atoms with Gasteiger partial charge in [-0.2, -0.15) is 0 Å². The van der Waals surface area contributed by atoms with Crippen LogP contribution in [0.25, 0.3) is 6.08 Å². The van der Waals surface area contributed by atoms with Crippen LogP contribution in [0.4, 0.5) is 5.69 Å². The number of fused-ring (bicyclic) bond motifs is 2. The highest BCUT2D eigenvalue weighted by atomic mass is 16.5. The Morgan fingerprint density at radius 3 is 2.64 bits per heavy atom. The molecule has 2 aromatic rings. The minimum absolute atomic E-state index is 0.132. The van der Waals surface area contributed by atoms with Gasteiger partial charge in [0.25, 0.3) is 0 Å².